The van der Waals surface area contributed by atoms with Gasteiger partial charge in [-0.1, -0.05) is 17.7 Å². The van der Waals surface area contributed by atoms with Crippen LogP contribution in [0.3, 0.4) is 0 Å². The van der Waals surface area contributed by atoms with E-state index in [4.69, 9.17) is 22.1 Å². The van der Waals surface area contributed by atoms with Crippen molar-refractivity contribution in [2.45, 2.75) is 12.0 Å². The Balaban J connectivity index is 1.82. The van der Waals surface area contributed by atoms with Crippen molar-refractivity contribution in [3.63, 3.8) is 0 Å². The van der Waals surface area contributed by atoms with Crippen molar-refractivity contribution < 1.29 is 4.74 Å². The molecule has 0 saturated carbocycles. The number of fused-ring (bicyclic) bond motifs is 1. The summed E-state index contributed by atoms with van der Waals surface area (Å²) in [5.41, 5.74) is 6.49. The molecule has 2 heterocycles. The molecule has 3 rings (SSSR count). The summed E-state index contributed by atoms with van der Waals surface area (Å²) in [6.45, 7) is 3.60. The minimum atomic E-state index is -0.171. The summed E-state index contributed by atoms with van der Waals surface area (Å²) in [6, 6.07) is 5.77. The first-order chi connectivity index (χ1) is 8.71. The summed E-state index contributed by atoms with van der Waals surface area (Å²) in [5, 5.41) is 0.745. The molecule has 1 spiro atoms. The Kier molecular flexibility index (Phi) is 3.06. The molecule has 0 radical (unpaired) electrons. The van der Waals surface area contributed by atoms with Crippen LogP contribution >= 0.6 is 11.6 Å². The third-order valence-corrected chi connectivity index (χ3v) is 3.87. The Morgan fingerprint density at radius 2 is 2.33 bits per heavy atom. The van der Waals surface area contributed by atoms with Gasteiger partial charge in [0.2, 0.25) is 0 Å². The second-order valence-corrected chi connectivity index (χ2v) is 5.43. The van der Waals surface area contributed by atoms with Gasteiger partial charge >= 0.3 is 0 Å². The lowest BCUT2D eigenvalue weighted by Crippen LogP contribution is -2.39. The Labute approximate surface area is 112 Å². The molecule has 1 unspecified atom stereocenters. The summed E-state index contributed by atoms with van der Waals surface area (Å²) < 4.78 is 6.18. The van der Waals surface area contributed by atoms with Gasteiger partial charge in [0, 0.05) is 43.2 Å². The van der Waals surface area contributed by atoms with Crippen LogP contribution in [0, 0.1) is 0 Å². The second-order valence-electron chi connectivity index (χ2n) is 5.00. The zero-order chi connectivity index (χ0) is 12.6. The number of likely N-dealkylation sites (tertiary alicyclic amines) is 1. The molecule has 1 aromatic carbocycles. The van der Waals surface area contributed by atoms with E-state index in [0.29, 0.717) is 6.54 Å². The van der Waals surface area contributed by atoms with Crippen molar-refractivity contribution in [1.29, 1.82) is 0 Å². The molecule has 1 fully saturated rings. The zero-order valence-corrected chi connectivity index (χ0v) is 11.0. The van der Waals surface area contributed by atoms with E-state index in [1.165, 1.54) is 0 Å². The van der Waals surface area contributed by atoms with Crippen molar-refractivity contribution in [2.24, 2.45) is 5.73 Å². The number of nitrogens with zero attached hydrogens (tertiary/aromatic N) is 1. The molecule has 4 heteroatoms. The molecule has 0 aliphatic carbocycles. The predicted molar refractivity (Wildman–Crippen MR) is 74.0 cm³/mol. The zero-order valence-electron chi connectivity index (χ0n) is 10.2. The van der Waals surface area contributed by atoms with Gasteiger partial charge in [0.15, 0.2) is 0 Å². The van der Waals surface area contributed by atoms with E-state index in [0.717, 1.165) is 42.4 Å². The van der Waals surface area contributed by atoms with E-state index in [1.807, 2.05) is 18.2 Å². The van der Waals surface area contributed by atoms with Crippen LogP contribution < -0.4 is 10.5 Å². The third kappa shape index (κ3) is 2.14. The fourth-order valence-electron chi connectivity index (χ4n) is 2.71. The molecule has 18 heavy (non-hydrogen) atoms. The summed E-state index contributed by atoms with van der Waals surface area (Å²) in [7, 11) is 0. The maximum atomic E-state index is 6.18. The summed E-state index contributed by atoms with van der Waals surface area (Å²) in [6.07, 6.45) is 5.31. The average molecular weight is 265 g/mol. The van der Waals surface area contributed by atoms with Crippen LogP contribution in [0.2, 0.25) is 5.02 Å². The first-order valence-corrected chi connectivity index (χ1v) is 6.69. The van der Waals surface area contributed by atoms with Crippen LogP contribution in [0.1, 0.15) is 12.0 Å². The monoisotopic (exact) mass is 264 g/mol. The van der Waals surface area contributed by atoms with Gasteiger partial charge in [0.25, 0.3) is 0 Å². The maximum Gasteiger partial charge on any atom is 0.141 e. The molecule has 2 N–H and O–H groups in total. The van der Waals surface area contributed by atoms with E-state index in [-0.39, 0.29) is 5.60 Å². The van der Waals surface area contributed by atoms with Gasteiger partial charge in [-0.3, -0.25) is 4.90 Å². The van der Waals surface area contributed by atoms with Crippen LogP contribution in [0.5, 0.6) is 5.75 Å². The highest BCUT2D eigenvalue weighted by molar-refractivity contribution is 6.30. The summed E-state index contributed by atoms with van der Waals surface area (Å²) in [5.74, 6) is 0.927. The molecule has 1 saturated heterocycles. The number of hydrogen-bond donors (Lipinski definition) is 1. The van der Waals surface area contributed by atoms with Crippen molar-refractivity contribution in [3.8, 4) is 5.75 Å². The lowest BCUT2D eigenvalue weighted by molar-refractivity contribution is 0.123. The molecule has 2 aliphatic rings. The van der Waals surface area contributed by atoms with Gasteiger partial charge in [-0.25, -0.2) is 0 Å². The second kappa shape index (κ2) is 4.57. The fraction of sp³-hybridized carbons (Fsp3) is 0.429. The first kappa shape index (κ1) is 12.0. The molecule has 1 atom stereocenters. The first-order valence-electron chi connectivity index (χ1n) is 6.31. The van der Waals surface area contributed by atoms with Gasteiger partial charge in [-0.15, -0.1) is 0 Å². The summed E-state index contributed by atoms with van der Waals surface area (Å²) in [4.78, 5) is 2.35. The average Bonchev–Trinajstić information content (AvgIpc) is 2.74. The SMILES string of the molecule is NCCN1CCC2(C=Cc3cc(Cl)ccc3O2)C1. The van der Waals surface area contributed by atoms with E-state index >= 15 is 0 Å². The number of hydrogen-bond acceptors (Lipinski definition) is 3. The number of ether oxygens (including phenoxy) is 1. The highest BCUT2D eigenvalue weighted by Crippen LogP contribution is 2.37. The molecule has 0 aromatic heterocycles. The third-order valence-electron chi connectivity index (χ3n) is 3.64. The standard InChI is InChI=1S/C14H17ClN2O/c15-12-1-2-13-11(9-12)3-4-14(18-13)5-7-17(10-14)8-6-16/h1-4,9H,5-8,10,16H2. The highest BCUT2D eigenvalue weighted by Gasteiger charge is 2.39. The molecule has 96 valence electrons. The Morgan fingerprint density at radius 1 is 1.44 bits per heavy atom. The van der Waals surface area contributed by atoms with Gasteiger partial charge in [-0.2, -0.15) is 0 Å². The highest BCUT2D eigenvalue weighted by atomic mass is 35.5. The summed E-state index contributed by atoms with van der Waals surface area (Å²) >= 11 is 5.98. The van der Waals surface area contributed by atoms with E-state index in [2.05, 4.69) is 17.1 Å². The Bertz CT molecular complexity index is 489. The van der Waals surface area contributed by atoms with E-state index in [1.54, 1.807) is 0 Å². The number of rotatable bonds is 2. The van der Waals surface area contributed by atoms with Crippen LogP contribution in [0.4, 0.5) is 0 Å². The number of halogens is 1. The minimum Gasteiger partial charge on any atom is -0.481 e. The lowest BCUT2D eigenvalue weighted by Gasteiger charge is -2.31. The predicted octanol–water partition coefficient (Wildman–Crippen LogP) is 2.15. The van der Waals surface area contributed by atoms with Gasteiger partial charge < -0.3 is 10.5 Å². The van der Waals surface area contributed by atoms with E-state index in [9.17, 15) is 0 Å². The number of benzene rings is 1. The van der Waals surface area contributed by atoms with Gasteiger partial charge in [0.05, 0.1) is 0 Å². The van der Waals surface area contributed by atoms with Crippen molar-refractivity contribution >= 4 is 17.7 Å². The smallest absolute Gasteiger partial charge is 0.141 e. The fourth-order valence-corrected chi connectivity index (χ4v) is 2.89. The van der Waals surface area contributed by atoms with Gasteiger partial charge in [-0.05, 0) is 24.3 Å². The van der Waals surface area contributed by atoms with Crippen molar-refractivity contribution in [2.75, 3.05) is 26.2 Å². The largest absolute Gasteiger partial charge is 0.481 e. The van der Waals surface area contributed by atoms with Crippen molar-refractivity contribution in [3.05, 3.63) is 34.9 Å². The molecule has 0 bridgehead atoms. The van der Waals surface area contributed by atoms with Gasteiger partial charge in [0.1, 0.15) is 11.4 Å². The normalized spacial score (nSPS) is 26.3. The molecule has 2 aliphatic heterocycles. The molecule has 0 amide bonds. The Hall–Kier alpha value is -1.03. The minimum absolute atomic E-state index is 0.171. The van der Waals surface area contributed by atoms with Crippen LogP contribution in [0.25, 0.3) is 6.08 Å². The van der Waals surface area contributed by atoms with E-state index < -0.39 is 0 Å². The molecule has 1 aromatic rings. The number of nitrogens with two attached hydrogens (primary N) is 1. The topological polar surface area (TPSA) is 38.5 Å². The van der Waals surface area contributed by atoms with Crippen LogP contribution in [-0.4, -0.2) is 36.7 Å². The maximum absolute atomic E-state index is 6.18. The molecular formula is C14H17ClN2O. The van der Waals surface area contributed by atoms with Crippen LogP contribution in [-0.2, 0) is 0 Å². The van der Waals surface area contributed by atoms with Crippen molar-refractivity contribution in [1.82, 2.24) is 4.90 Å². The lowest BCUT2D eigenvalue weighted by atomic mass is 9.97. The Morgan fingerprint density at radius 3 is 3.17 bits per heavy atom. The van der Waals surface area contributed by atoms with Crippen LogP contribution in [0.15, 0.2) is 24.3 Å². The molecular weight excluding hydrogens is 248 g/mol. The quantitative estimate of drug-likeness (QED) is 0.890. The molecule has 3 nitrogen and oxygen atoms in total.